The number of fused-ring (bicyclic) bond motifs is 1. The molecule has 0 saturated carbocycles. The Morgan fingerprint density at radius 3 is 2.61 bits per heavy atom. The second-order valence-corrected chi connectivity index (χ2v) is 6.26. The molecule has 0 spiro atoms. The van der Waals surface area contributed by atoms with Gasteiger partial charge in [0.15, 0.2) is 5.69 Å². The van der Waals surface area contributed by atoms with E-state index in [1.807, 2.05) is 6.92 Å². The van der Waals surface area contributed by atoms with E-state index in [0.717, 1.165) is 0 Å². The number of nitrogens with one attached hydrogen (secondary N) is 1. The number of amides is 1. The summed E-state index contributed by atoms with van der Waals surface area (Å²) in [6.07, 6.45) is 0.695. The Bertz CT molecular complexity index is 1130. The molecule has 8 heteroatoms. The molecule has 1 amide bonds. The van der Waals surface area contributed by atoms with E-state index in [2.05, 4.69) is 15.6 Å². The van der Waals surface area contributed by atoms with Crippen molar-refractivity contribution in [2.75, 3.05) is 0 Å². The van der Waals surface area contributed by atoms with Crippen LogP contribution in [-0.2, 0) is 6.54 Å². The number of carbonyl (C=O) groups excluding carboxylic acids is 1. The number of carbonyl (C=O) groups is 1. The molecule has 28 heavy (non-hydrogen) atoms. The van der Waals surface area contributed by atoms with Crippen LogP contribution in [0.2, 0.25) is 0 Å². The molecule has 3 aromatic rings. The highest BCUT2D eigenvalue weighted by molar-refractivity contribution is 6.06. The molecular weight excluding hydrogens is 360 g/mol. The molecule has 0 saturated heterocycles. The van der Waals surface area contributed by atoms with Crippen molar-refractivity contribution in [1.82, 2.24) is 15.2 Å². The first-order chi connectivity index (χ1) is 13.4. The van der Waals surface area contributed by atoms with E-state index >= 15 is 0 Å². The number of aromatic hydroxyl groups is 2. The summed E-state index contributed by atoms with van der Waals surface area (Å²) in [6, 6.07) is 10.8. The van der Waals surface area contributed by atoms with Crippen molar-refractivity contribution < 1.29 is 15.0 Å². The molecule has 0 fully saturated rings. The fraction of sp³-hybridized carbons (Fsp3) is 0.200. The molecule has 0 bridgehead atoms. The van der Waals surface area contributed by atoms with E-state index in [9.17, 15) is 19.8 Å². The Hall–Kier alpha value is -3.68. The smallest absolute Gasteiger partial charge is 0.292 e. The third-order valence-electron chi connectivity index (χ3n) is 4.21. The van der Waals surface area contributed by atoms with Crippen molar-refractivity contribution in [3.05, 3.63) is 64.1 Å². The molecule has 8 nitrogen and oxygen atoms in total. The maximum absolute atomic E-state index is 12.7. The van der Waals surface area contributed by atoms with Crippen molar-refractivity contribution in [3.63, 3.8) is 0 Å². The van der Waals surface area contributed by atoms with Crippen LogP contribution in [-0.4, -0.2) is 31.6 Å². The van der Waals surface area contributed by atoms with Gasteiger partial charge in [-0.3, -0.25) is 9.59 Å². The number of aryl methyl sites for hydroxylation is 1. The van der Waals surface area contributed by atoms with Crippen molar-refractivity contribution in [2.45, 2.75) is 26.8 Å². The zero-order valence-corrected chi connectivity index (χ0v) is 15.5. The van der Waals surface area contributed by atoms with Crippen LogP contribution in [0.4, 0.5) is 0 Å². The normalized spacial score (nSPS) is 11.6. The maximum Gasteiger partial charge on any atom is 0.292 e. The standard InChI is InChI=1S/C20H20N4O4/c1-3-10-24-20(28)15-7-5-4-6-14(15)18(23-24)19(27)22-21-12(2)16-11-13(25)8-9-17(16)26/h4-9,11,25-26H,3,10H2,1-2H3,(H,22,27)/b21-12+. The number of rotatable bonds is 5. The van der Waals surface area contributed by atoms with Crippen molar-refractivity contribution in [1.29, 1.82) is 0 Å². The monoisotopic (exact) mass is 380 g/mol. The van der Waals surface area contributed by atoms with Gasteiger partial charge >= 0.3 is 0 Å². The van der Waals surface area contributed by atoms with Gasteiger partial charge in [-0.05, 0) is 37.6 Å². The first kappa shape index (κ1) is 19.1. The van der Waals surface area contributed by atoms with Crippen LogP contribution in [0, 0.1) is 0 Å². The zero-order valence-electron chi connectivity index (χ0n) is 15.5. The van der Waals surface area contributed by atoms with E-state index in [-0.39, 0.29) is 28.3 Å². The minimum atomic E-state index is -0.583. The molecule has 3 N–H and O–H groups in total. The summed E-state index contributed by atoms with van der Waals surface area (Å²) in [5.41, 5.74) is 2.82. The highest BCUT2D eigenvalue weighted by Crippen LogP contribution is 2.22. The molecule has 1 aromatic heterocycles. The van der Waals surface area contributed by atoms with Crippen LogP contribution >= 0.6 is 0 Å². The third kappa shape index (κ3) is 3.71. The second kappa shape index (κ2) is 7.91. The summed E-state index contributed by atoms with van der Waals surface area (Å²) in [5.74, 6) is -0.693. The summed E-state index contributed by atoms with van der Waals surface area (Å²) < 4.78 is 1.27. The second-order valence-electron chi connectivity index (χ2n) is 6.26. The van der Waals surface area contributed by atoms with E-state index in [1.54, 1.807) is 31.2 Å². The van der Waals surface area contributed by atoms with Crippen LogP contribution in [0.25, 0.3) is 10.8 Å². The lowest BCUT2D eigenvalue weighted by Crippen LogP contribution is -2.29. The van der Waals surface area contributed by atoms with Gasteiger partial charge in [0.1, 0.15) is 11.5 Å². The number of aromatic nitrogens is 2. The molecule has 0 aliphatic carbocycles. The molecule has 2 aromatic carbocycles. The molecule has 3 rings (SSSR count). The number of nitrogens with zero attached hydrogens (tertiary/aromatic N) is 3. The van der Waals surface area contributed by atoms with Crippen LogP contribution in [0.5, 0.6) is 11.5 Å². The summed E-state index contributed by atoms with van der Waals surface area (Å²) in [7, 11) is 0. The average molecular weight is 380 g/mol. The molecule has 0 unspecified atom stereocenters. The minimum absolute atomic E-state index is 0.0343. The molecule has 0 atom stereocenters. The van der Waals surface area contributed by atoms with Gasteiger partial charge in [-0.2, -0.15) is 10.2 Å². The first-order valence-electron chi connectivity index (χ1n) is 8.79. The quantitative estimate of drug-likeness (QED) is 0.357. The Balaban J connectivity index is 1.98. The number of phenols is 2. The van der Waals surface area contributed by atoms with E-state index < -0.39 is 5.91 Å². The van der Waals surface area contributed by atoms with Gasteiger partial charge < -0.3 is 10.2 Å². The fourth-order valence-electron chi connectivity index (χ4n) is 2.83. The van der Waals surface area contributed by atoms with Crippen LogP contribution < -0.4 is 11.0 Å². The SMILES string of the molecule is CCCn1nc(C(=O)N/N=C(\C)c2cc(O)ccc2O)c2ccccc2c1=O. The van der Waals surface area contributed by atoms with Crippen molar-refractivity contribution in [2.24, 2.45) is 5.10 Å². The Morgan fingerprint density at radius 2 is 1.89 bits per heavy atom. The highest BCUT2D eigenvalue weighted by atomic mass is 16.3. The van der Waals surface area contributed by atoms with Gasteiger partial charge in [-0.25, -0.2) is 10.1 Å². The molecule has 0 radical (unpaired) electrons. The maximum atomic E-state index is 12.7. The lowest BCUT2D eigenvalue weighted by atomic mass is 10.1. The Morgan fingerprint density at radius 1 is 1.18 bits per heavy atom. The van der Waals surface area contributed by atoms with Gasteiger partial charge in [0.2, 0.25) is 0 Å². The third-order valence-corrected chi connectivity index (χ3v) is 4.21. The van der Waals surface area contributed by atoms with Crippen LogP contribution in [0.1, 0.15) is 36.3 Å². The Kier molecular flexibility index (Phi) is 5.39. The van der Waals surface area contributed by atoms with E-state index in [1.165, 1.54) is 22.9 Å². The summed E-state index contributed by atoms with van der Waals surface area (Å²) in [4.78, 5) is 25.2. The van der Waals surface area contributed by atoms with Gasteiger partial charge in [-0.1, -0.05) is 25.1 Å². The summed E-state index contributed by atoms with van der Waals surface area (Å²) in [5, 5.41) is 28.5. The molecule has 0 aliphatic rings. The average Bonchev–Trinajstić information content (AvgIpc) is 2.70. The predicted molar refractivity (Wildman–Crippen MR) is 106 cm³/mol. The van der Waals surface area contributed by atoms with Crippen LogP contribution in [0.3, 0.4) is 0 Å². The first-order valence-corrected chi connectivity index (χ1v) is 8.79. The van der Waals surface area contributed by atoms with E-state index in [4.69, 9.17) is 0 Å². The van der Waals surface area contributed by atoms with Crippen LogP contribution in [0.15, 0.2) is 52.4 Å². The molecule has 1 heterocycles. The summed E-state index contributed by atoms with van der Waals surface area (Å²) in [6.45, 7) is 3.89. The van der Waals surface area contributed by atoms with Crippen molar-refractivity contribution >= 4 is 22.4 Å². The lowest BCUT2D eigenvalue weighted by Gasteiger charge is -2.10. The minimum Gasteiger partial charge on any atom is -0.508 e. The largest absolute Gasteiger partial charge is 0.508 e. The van der Waals surface area contributed by atoms with E-state index in [0.29, 0.717) is 29.4 Å². The zero-order chi connectivity index (χ0) is 20.3. The van der Waals surface area contributed by atoms with Gasteiger partial charge in [-0.15, -0.1) is 0 Å². The summed E-state index contributed by atoms with van der Waals surface area (Å²) >= 11 is 0. The molecule has 144 valence electrons. The number of hydrogen-bond donors (Lipinski definition) is 3. The topological polar surface area (TPSA) is 117 Å². The Labute approximate surface area is 160 Å². The molecule has 0 aliphatic heterocycles. The fourth-order valence-corrected chi connectivity index (χ4v) is 2.83. The highest BCUT2D eigenvalue weighted by Gasteiger charge is 2.16. The number of hydrogen-bond acceptors (Lipinski definition) is 6. The molecular formula is C20H20N4O4. The van der Waals surface area contributed by atoms with Gasteiger partial charge in [0, 0.05) is 17.5 Å². The lowest BCUT2D eigenvalue weighted by molar-refractivity contribution is 0.0949. The number of phenolic OH excluding ortho intramolecular Hbond substituents is 2. The van der Waals surface area contributed by atoms with Gasteiger partial charge in [0.05, 0.1) is 11.1 Å². The van der Waals surface area contributed by atoms with Crippen molar-refractivity contribution in [3.8, 4) is 11.5 Å². The number of benzene rings is 2. The van der Waals surface area contributed by atoms with Gasteiger partial charge in [0.25, 0.3) is 11.5 Å². The number of hydrazone groups is 1. The predicted octanol–water partition coefficient (Wildman–Crippen LogP) is 2.37.